The number of carbonyl (C=O) groups is 2. The fourth-order valence-electron chi connectivity index (χ4n) is 3.76. The van der Waals surface area contributed by atoms with Crippen molar-refractivity contribution < 1.29 is 18.0 Å². The predicted molar refractivity (Wildman–Crippen MR) is 155 cm³/mol. The van der Waals surface area contributed by atoms with Crippen molar-refractivity contribution in [3.63, 3.8) is 0 Å². The fraction of sp³-hybridized carbons (Fsp3) is 0.286. The van der Waals surface area contributed by atoms with Crippen LogP contribution in [-0.4, -0.2) is 44.3 Å². The third-order valence-corrected chi connectivity index (χ3v) is 8.50. The lowest BCUT2D eigenvalue weighted by atomic mass is 10.1. The molecule has 0 saturated heterocycles. The number of nitrogens with zero attached hydrogens (tertiary/aromatic N) is 2. The summed E-state index contributed by atoms with van der Waals surface area (Å²) in [5.41, 5.74) is 1.99. The van der Waals surface area contributed by atoms with Crippen LogP contribution in [0.2, 0.25) is 5.02 Å². The molecule has 0 saturated carbocycles. The summed E-state index contributed by atoms with van der Waals surface area (Å²) < 4.78 is 29.3. The largest absolute Gasteiger partial charge is 0.354 e. The molecule has 0 aliphatic heterocycles. The molecule has 0 aliphatic carbocycles. The Morgan fingerprint density at radius 2 is 1.68 bits per heavy atom. The van der Waals surface area contributed by atoms with Gasteiger partial charge >= 0.3 is 0 Å². The van der Waals surface area contributed by atoms with E-state index in [1.54, 1.807) is 67.6 Å². The number of sulfonamides is 1. The van der Waals surface area contributed by atoms with Crippen molar-refractivity contribution in [3.8, 4) is 0 Å². The highest BCUT2D eigenvalue weighted by Gasteiger charge is 2.32. The monoisotopic (exact) mass is 619 g/mol. The molecule has 7 nitrogen and oxygen atoms in total. The zero-order valence-electron chi connectivity index (χ0n) is 21.5. The maximum atomic E-state index is 13.8. The SMILES string of the molecule is CCCNC(=O)[C@@H](C)N(Cc1ccc(Cl)cc1)C(=O)CN(c1cccc(Br)c1)S(=O)(=O)c1ccc(C)cc1. The number of hydrogen-bond donors (Lipinski definition) is 1. The summed E-state index contributed by atoms with van der Waals surface area (Å²) >= 11 is 9.42. The van der Waals surface area contributed by atoms with E-state index < -0.39 is 28.5 Å². The van der Waals surface area contributed by atoms with Crippen LogP contribution in [0.5, 0.6) is 0 Å². The van der Waals surface area contributed by atoms with Gasteiger partial charge in [-0.05, 0) is 68.3 Å². The van der Waals surface area contributed by atoms with Crippen molar-refractivity contribution in [2.45, 2.75) is 44.7 Å². The van der Waals surface area contributed by atoms with E-state index in [-0.39, 0.29) is 17.3 Å². The van der Waals surface area contributed by atoms with Crippen LogP contribution in [0, 0.1) is 6.92 Å². The van der Waals surface area contributed by atoms with Crippen LogP contribution in [0.1, 0.15) is 31.4 Å². The molecular formula is C28H31BrClN3O4S. The van der Waals surface area contributed by atoms with Crippen molar-refractivity contribution >= 4 is 55.1 Å². The van der Waals surface area contributed by atoms with Crippen LogP contribution in [0.15, 0.2) is 82.2 Å². The first kappa shape index (κ1) is 29.7. The van der Waals surface area contributed by atoms with Gasteiger partial charge in [-0.2, -0.15) is 0 Å². The average molecular weight is 621 g/mol. The Bertz CT molecular complexity index is 1370. The standard InChI is InChI=1S/C28H31BrClN3O4S/c1-4-16-31-28(35)21(3)32(18-22-10-12-24(30)13-11-22)27(34)19-33(25-7-5-6-23(29)17-25)38(36,37)26-14-8-20(2)9-15-26/h5-15,17,21H,4,16,18-19H2,1-3H3,(H,31,35)/t21-/m1/s1. The quantitative estimate of drug-likeness (QED) is 0.305. The van der Waals surface area contributed by atoms with E-state index in [1.807, 2.05) is 13.8 Å². The molecular weight excluding hydrogens is 590 g/mol. The molecule has 1 N–H and O–H groups in total. The lowest BCUT2D eigenvalue weighted by Crippen LogP contribution is -2.51. The highest BCUT2D eigenvalue weighted by atomic mass is 79.9. The van der Waals surface area contributed by atoms with Gasteiger partial charge in [-0.1, -0.05) is 70.3 Å². The van der Waals surface area contributed by atoms with Crippen molar-refractivity contribution in [1.29, 1.82) is 0 Å². The van der Waals surface area contributed by atoms with Gasteiger partial charge < -0.3 is 10.2 Å². The van der Waals surface area contributed by atoms with E-state index in [2.05, 4.69) is 21.2 Å². The van der Waals surface area contributed by atoms with Crippen LogP contribution >= 0.6 is 27.5 Å². The second kappa shape index (κ2) is 13.3. The van der Waals surface area contributed by atoms with Gasteiger partial charge in [-0.15, -0.1) is 0 Å². The number of benzene rings is 3. The second-order valence-electron chi connectivity index (χ2n) is 8.92. The molecule has 0 fully saturated rings. The number of amides is 2. The van der Waals surface area contributed by atoms with E-state index in [9.17, 15) is 18.0 Å². The molecule has 2 amide bonds. The third-order valence-electron chi connectivity index (χ3n) is 5.97. The zero-order chi connectivity index (χ0) is 27.9. The number of halogens is 2. The van der Waals surface area contributed by atoms with Gasteiger partial charge in [0.25, 0.3) is 10.0 Å². The minimum absolute atomic E-state index is 0.0638. The molecule has 38 heavy (non-hydrogen) atoms. The summed E-state index contributed by atoms with van der Waals surface area (Å²) in [6, 6.07) is 19.3. The number of nitrogens with one attached hydrogen (secondary N) is 1. The summed E-state index contributed by atoms with van der Waals surface area (Å²) in [5.74, 6) is -0.834. The lowest BCUT2D eigenvalue weighted by molar-refractivity contribution is -0.139. The average Bonchev–Trinajstić information content (AvgIpc) is 2.89. The van der Waals surface area contributed by atoms with Gasteiger partial charge in [-0.3, -0.25) is 13.9 Å². The van der Waals surface area contributed by atoms with E-state index in [0.29, 0.717) is 21.7 Å². The molecule has 0 spiro atoms. The van der Waals surface area contributed by atoms with Crippen molar-refractivity contribution in [2.75, 3.05) is 17.4 Å². The molecule has 0 radical (unpaired) electrons. The lowest BCUT2D eigenvalue weighted by Gasteiger charge is -2.32. The number of carbonyl (C=O) groups excluding carboxylic acids is 2. The van der Waals surface area contributed by atoms with Crippen molar-refractivity contribution in [2.24, 2.45) is 0 Å². The van der Waals surface area contributed by atoms with E-state index in [4.69, 9.17) is 11.6 Å². The molecule has 3 aromatic carbocycles. The molecule has 0 unspecified atom stereocenters. The summed E-state index contributed by atoms with van der Waals surface area (Å²) in [6.07, 6.45) is 0.745. The Morgan fingerprint density at radius 3 is 2.29 bits per heavy atom. The number of rotatable bonds is 11. The van der Waals surface area contributed by atoms with Gasteiger partial charge in [0, 0.05) is 22.6 Å². The molecule has 202 valence electrons. The minimum Gasteiger partial charge on any atom is -0.354 e. The molecule has 0 aliphatic rings. The Hall–Kier alpha value is -2.88. The predicted octanol–water partition coefficient (Wildman–Crippen LogP) is 5.55. The summed E-state index contributed by atoms with van der Waals surface area (Å²) in [7, 11) is -4.11. The van der Waals surface area contributed by atoms with E-state index in [1.165, 1.54) is 17.0 Å². The fourth-order valence-corrected chi connectivity index (χ4v) is 5.68. The van der Waals surface area contributed by atoms with Gasteiger partial charge in [0.15, 0.2) is 0 Å². The zero-order valence-corrected chi connectivity index (χ0v) is 24.7. The first-order valence-corrected chi connectivity index (χ1v) is 14.8. The molecule has 0 bridgehead atoms. The van der Waals surface area contributed by atoms with Crippen LogP contribution < -0.4 is 9.62 Å². The maximum absolute atomic E-state index is 13.8. The molecule has 0 heterocycles. The Labute approximate surface area is 238 Å². The summed E-state index contributed by atoms with van der Waals surface area (Å²) in [6.45, 7) is 5.52. The van der Waals surface area contributed by atoms with Crippen LogP contribution in [0.3, 0.4) is 0 Å². The first-order chi connectivity index (χ1) is 18.0. The van der Waals surface area contributed by atoms with Gasteiger partial charge in [-0.25, -0.2) is 8.42 Å². The molecule has 0 aromatic heterocycles. The Balaban J connectivity index is 2.01. The number of anilines is 1. The molecule has 1 atom stereocenters. The van der Waals surface area contributed by atoms with Crippen molar-refractivity contribution in [3.05, 3.63) is 93.4 Å². The highest BCUT2D eigenvalue weighted by Crippen LogP contribution is 2.27. The maximum Gasteiger partial charge on any atom is 0.264 e. The van der Waals surface area contributed by atoms with Gasteiger partial charge in [0.05, 0.1) is 10.6 Å². The van der Waals surface area contributed by atoms with Crippen LogP contribution in [-0.2, 0) is 26.2 Å². The number of aryl methyl sites for hydroxylation is 1. The van der Waals surface area contributed by atoms with E-state index >= 15 is 0 Å². The van der Waals surface area contributed by atoms with Crippen LogP contribution in [0.4, 0.5) is 5.69 Å². The van der Waals surface area contributed by atoms with Crippen LogP contribution in [0.25, 0.3) is 0 Å². The molecule has 3 aromatic rings. The van der Waals surface area contributed by atoms with Gasteiger partial charge in [0.1, 0.15) is 12.6 Å². The van der Waals surface area contributed by atoms with E-state index in [0.717, 1.165) is 21.9 Å². The second-order valence-corrected chi connectivity index (χ2v) is 12.1. The third kappa shape index (κ3) is 7.58. The molecule has 3 rings (SSSR count). The van der Waals surface area contributed by atoms with Crippen molar-refractivity contribution in [1.82, 2.24) is 10.2 Å². The Morgan fingerprint density at radius 1 is 1.03 bits per heavy atom. The Kier molecular flexibility index (Phi) is 10.4. The van der Waals surface area contributed by atoms with Gasteiger partial charge in [0.2, 0.25) is 11.8 Å². The molecule has 10 heteroatoms. The number of hydrogen-bond acceptors (Lipinski definition) is 4. The minimum atomic E-state index is -4.11. The highest BCUT2D eigenvalue weighted by molar-refractivity contribution is 9.10. The first-order valence-electron chi connectivity index (χ1n) is 12.2. The topological polar surface area (TPSA) is 86.8 Å². The smallest absolute Gasteiger partial charge is 0.264 e. The normalized spacial score (nSPS) is 12.0. The summed E-state index contributed by atoms with van der Waals surface area (Å²) in [5, 5.41) is 3.37. The summed E-state index contributed by atoms with van der Waals surface area (Å²) in [4.78, 5) is 28.2.